The summed E-state index contributed by atoms with van der Waals surface area (Å²) in [6.07, 6.45) is 0. The summed E-state index contributed by atoms with van der Waals surface area (Å²) < 4.78 is 4.67. The second-order valence-electron chi connectivity index (χ2n) is 4.63. The summed E-state index contributed by atoms with van der Waals surface area (Å²) in [4.78, 5) is 20.0. The number of esters is 1. The van der Waals surface area contributed by atoms with E-state index in [1.807, 2.05) is 25.1 Å². The summed E-state index contributed by atoms with van der Waals surface area (Å²) in [7, 11) is 1.33. The number of carbonyl (C=O) groups excluding carboxylic acids is 1. The van der Waals surface area contributed by atoms with Crippen molar-refractivity contribution < 1.29 is 9.53 Å². The van der Waals surface area contributed by atoms with E-state index in [4.69, 9.17) is 0 Å². The van der Waals surface area contributed by atoms with Gasteiger partial charge in [0.05, 0.1) is 7.11 Å². The molecule has 0 atom stereocenters. The van der Waals surface area contributed by atoms with Gasteiger partial charge in [-0.2, -0.15) is 0 Å². The Hall–Kier alpha value is -2.43. The van der Waals surface area contributed by atoms with Gasteiger partial charge in [-0.1, -0.05) is 6.07 Å². The molecule has 0 fully saturated rings. The highest BCUT2D eigenvalue weighted by atomic mass is 16.5. The molecule has 0 aliphatic carbocycles. The van der Waals surface area contributed by atoms with Crippen LogP contribution in [-0.4, -0.2) is 23.0 Å². The summed E-state index contributed by atoms with van der Waals surface area (Å²) in [5.74, 6) is -0.0905. The minimum absolute atomic E-state index is 0.242. The first-order valence-corrected chi connectivity index (χ1v) is 6.28. The molecule has 1 aromatic carbocycles. The van der Waals surface area contributed by atoms with E-state index in [9.17, 15) is 4.79 Å². The summed E-state index contributed by atoms with van der Waals surface area (Å²) in [6, 6.07) is 7.58. The topological polar surface area (TPSA) is 64.1 Å². The summed E-state index contributed by atoms with van der Waals surface area (Å²) in [6.45, 7) is 5.90. The van der Waals surface area contributed by atoms with Crippen molar-refractivity contribution in [1.82, 2.24) is 9.97 Å². The zero-order valence-electron chi connectivity index (χ0n) is 12.0. The molecule has 0 spiro atoms. The molecular formula is C15H17N3O2. The molecule has 0 radical (unpaired) electrons. The van der Waals surface area contributed by atoms with Gasteiger partial charge in [-0.05, 0) is 50.1 Å². The van der Waals surface area contributed by atoms with Crippen molar-refractivity contribution in [3.8, 4) is 0 Å². The highest BCUT2D eigenvalue weighted by molar-refractivity contribution is 5.87. The predicted octanol–water partition coefficient (Wildman–Crippen LogP) is 2.93. The number of nitrogens with one attached hydrogen (secondary N) is 1. The smallest absolute Gasteiger partial charge is 0.356 e. The SMILES string of the molecule is COC(=O)c1cc(C)nc(Nc2ccc(C)c(C)c2)n1. The van der Waals surface area contributed by atoms with Crippen molar-refractivity contribution in [3.63, 3.8) is 0 Å². The fraction of sp³-hybridized carbons (Fsp3) is 0.267. The van der Waals surface area contributed by atoms with Crippen LogP contribution in [0.4, 0.5) is 11.6 Å². The lowest BCUT2D eigenvalue weighted by atomic mass is 10.1. The molecule has 0 aliphatic rings. The van der Waals surface area contributed by atoms with Gasteiger partial charge in [-0.25, -0.2) is 14.8 Å². The Morgan fingerprint density at radius 1 is 1.10 bits per heavy atom. The lowest BCUT2D eigenvalue weighted by Gasteiger charge is -2.09. The van der Waals surface area contributed by atoms with Gasteiger partial charge in [0.15, 0.2) is 5.69 Å². The number of anilines is 2. The van der Waals surface area contributed by atoms with E-state index >= 15 is 0 Å². The van der Waals surface area contributed by atoms with Crippen LogP contribution >= 0.6 is 0 Å². The van der Waals surface area contributed by atoms with Crippen molar-refractivity contribution >= 4 is 17.6 Å². The number of nitrogens with zero attached hydrogens (tertiary/aromatic N) is 2. The van der Waals surface area contributed by atoms with Gasteiger partial charge in [0, 0.05) is 11.4 Å². The van der Waals surface area contributed by atoms with Crippen molar-refractivity contribution in [2.45, 2.75) is 20.8 Å². The Kier molecular flexibility index (Phi) is 3.98. The van der Waals surface area contributed by atoms with Gasteiger partial charge in [0.1, 0.15) is 0 Å². The minimum atomic E-state index is -0.473. The molecule has 0 amide bonds. The third-order valence-electron chi connectivity index (χ3n) is 3.01. The monoisotopic (exact) mass is 271 g/mol. The molecule has 0 saturated heterocycles. The van der Waals surface area contributed by atoms with E-state index in [1.165, 1.54) is 18.2 Å². The van der Waals surface area contributed by atoms with Crippen LogP contribution in [0, 0.1) is 20.8 Å². The van der Waals surface area contributed by atoms with E-state index in [0.29, 0.717) is 11.6 Å². The fourth-order valence-corrected chi connectivity index (χ4v) is 1.78. The average molecular weight is 271 g/mol. The van der Waals surface area contributed by atoms with Gasteiger partial charge in [0.2, 0.25) is 5.95 Å². The molecule has 1 N–H and O–H groups in total. The maximum atomic E-state index is 11.5. The zero-order chi connectivity index (χ0) is 14.7. The highest BCUT2D eigenvalue weighted by Gasteiger charge is 2.10. The summed E-state index contributed by atoms with van der Waals surface area (Å²) in [5, 5.41) is 3.10. The molecule has 0 unspecified atom stereocenters. The Morgan fingerprint density at radius 2 is 1.85 bits per heavy atom. The molecule has 0 saturated carbocycles. The lowest BCUT2D eigenvalue weighted by molar-refractivity contribution is 0.0594. The van der Waals surface area contributed by atoms with Gasteiger partial charge >= 0.3 is 5.97 Å². The Balaban J connectivity index is 2.31. The molecule has 2 rings (SSSR count). The van der Waals surface area contributed by atoms with E-state index in [2.05, 4.69) is 26.9 Å². The number of ether oxygens (including phenoxy) is 1. The fourth-order valence-electron chi connectivity index (χ4n) is 1.78. The third kappa shape index (κ3) is 3.12. The number of methoxy groups -OCH3 is 1. The summed E-state index contributed by atoms with van der Waals surface area (Å²) >= 11 is 0. The Labute approximate surface area is 118 Å². The molecule has 1 aromatic heterocycles. The average Bonchev–Trinajstić information content (AvgIpc) is 2.41. The van der Waals surface area contributed by atoms with Crippen molar-refractivity contribution in [3.05, 3.63) is 46.8 Å². The first kappa shape index (κ1) is 14.0. The molecule has 20 heavy (non-hydrogen) atoms. The largest absolute Gasteiger partial charge is 0.464 e. The molecule has 2 aromatic rings. The van der Waals surface area contributed by atoms with E-state index < -0.39 is 5.97 Å². The van der Waals surface area contributed by atoms with E-state index in [0.717, 1.165) is 5.69 Å². The van der Waals surface area contributed by atoms with Crippen LogP contribution in [0.2, 0.25) is 0 Å². The molecule has 104 valence electrons. The van der Waals surface area contributed by atoms with Crippen molar-refractivity contribution in [2.75, 3.05) is 12.4 Å². The molecule has 0 aliphatic heterocycles. The second kappa shape index (κ2) is 5.69. The van der Waals surface area contributed by atoms with Gasteiger partial charge in [0.25, 0.3) is 0 Å². The Bertz CT molecular complexity index is 654. The first-order chi connectivity index (χ1) is 9.49. The number of aryl methyl sites for hydroxylation is 3. The second-order valence-corrected chi connectivity index (χ2v) is 4.63. The van der Waals surface area contributed by atoms with Crippen LogP contribution < -0.4 is 5.32 Å². The number of aromatic nitrogens is 2. The highest BCUT2D eigenvalue weighted by Crippen LogP contribution is 2.18. The number of rotatable bonds is 3. The Morgan fingerprint density at radius 3 is 2.50 bits per heavy atom. The number of carbonyl (C=O) groups is 1. The summed E-state index contributed by atoms with van der Waals surface area (Å²) in [5.41, 5.74) is 4.22. The van der Waals surface area contributed by atoms with Gasteiger partial charge in [-0.3, -0.25) is 0 Å². The van der Waals surface area contributed by atoms with Crippen molar-refractivity contribution in [1.29, 1.82) is 0 Å². The minimum Gasteiger partial charge on any atom is -0.464 e. The molecule has 1 heterocycles. The zero-order valence-corrected chi connectivity index (χ0v) is 12.0. The first-order valence-electron chi connectivity index (χ1n) is 6.28. The van der Waals surface area contributed by atoms with Crippen LogP contribution in [-0.2, 0) is 4.74 Å². The van der Waals surface area contributed by atoms with Gasteiger partial charge in [-0.15, -0.1) is 0 Å². The molecule has 5 heteroatoms. The molecule has 0 bridgehead atoms. The lowest BCUT2D eigenvalue weighted by Crippen LogP contribution is -2.08. The van der Waals surface area contributed by atoms with Crippen LogP contribution in [0.25, 0.3) is 0 Å². The molecular weight excluding hydrogens is 254 g/mol. The number of benzene rings is 1. The number of hydrogen-bond donors (Lipinski definition) is 1. The van der Waals surface area contributed by atoms with Crippen LogP contribution in [0.15, 0.2) is 24.3 Å². The number of hydrogen-bond acceptors (Lipinski definition) is 5. The van der Waals surface area contributed by atoms with E-state index in [1.54, 1.807) is 13.0 Å². The van der Waals surface area contributed by atoms with Crippen molar-refractivity contribution in [2.24, 2.45) is 0 Å². The molecule has 5 nitrogen and oxygen atoms in total. The standard InChI is InChI=1S/C15H17N3O2/c1-9-5-6-12(7-10(9)2)17-15-16-11(3)8-13(18-15)14(19)20-4/h5-8H,1-4H3,(H,16,17,18). The van der Waals surface area contributed by atoms with Crippen LogP contribution in [0.3, 0.4) is 0 Å². The van der Waals surface area contributed by atoms with Crippen LogP contribution in [0.5, 0.6) is 0 Å². The third-order valence-corrected chi connectivity index (χ3v) is 3.01. The maximum Gasteiger partial charge on any atom is 0.356 e. The van der Waals surface area contributed by atoms with Gasteiger partial charge < -0.3 is 10.1 Å². The van der Waals surface area contributed by atoms with E-state index in [-0.39, 0.29) is 5.69 Å². The maximum absolute atomic E-state index is 11.5. The normalized spacial score (nSPS) is 10.2. The van der Waals surface area contributed by atoms with Crippen LogP contribution in [0.1, 0.15) is 27.3 Å². The quantitative estimate of drug-likeness (QED) is 0.869. The predicted molar refractivity (Wildman–Crippen MR) is 77.3 cm³/mol.